The van der Waals surface area contributed by atoms with Crippen molar-refractivity contribution in [3.05, 3.63) is 0 Å². The third-order valence-corrected chi connectivity index (χ3v) is 7.99. The molecule has 20 heteroatoms. The number of Topliss-reactive ketones (excluding diaryl/α,β-unsaturated/α-hetero) is 1. The van der Waals surface area contributed by atoms with Gasteiger partial charge in [0.05, 0.1) is 5.60 Å². The number of hydrogen-bond donors (Lipinski definition) is 0. The Morgan fingerprint density at radius 3 is 0.524 bits per heavy atom. The van der Waals surface area contributed by atoms with E-state index in [4.69, 9.17) is 14.2 Å². The standard InChI is InChI=1S/C11H22O4.8C4H10O2/c1-9(12)7-10(2,13-4)8-11(3,14-5)15-6;8*1-4(5-2)6-3/h7-8H2,1-6H3;8*4H,1-3H3. The lowest BCUT2D eigenvalue weighted by atomic mass is 9.91. The van der Waals surface area contributed by atoms with Gasteiger partial charge in [0.15, 0.2) is 56.1 Å². The van der Waals surface area contributed by atoms with Crippen LogP contribution in [0.4, 0.5) is 0 Å². The van der Waals surface area contributed by atoms with Crippen LogP contribution >= 0.6 is 0 Å². The molecule has 394 valence electrons. The molecule has 0 saturated carbocycles. The molecule has 0 saturated heterocycles. The van der Waals surface area contributed by atoms with Crippen LogP contribution in [0.5, 0.6) is 0 Å². The molecule has 20 nitrogen and oxygen atoms in total. The zero-order valence-electron chi connectivity index (χ0n) is 45.7. The van der Waals surface area contributed by atoms with Crippen LogP contribution in [0.2, 0.25) is 0 Å². The molecular weight excluding hydrogens is 836 g/mol. The third kappa shape index (κ3) is 81.6. The van der Waals surface area contributed by atoms with Crippen LogP contribution in [0.3, 0.4) is 0 Å². The second-order valence-corrected chi connectivity index (χ2v) is 12.6. The van der Waals surface area contributed by atoms with E-state index in [0.29, 0.717) is 12.8 Å². The minimum atomic E-state index is -0.722. The molecule has 0 aliphatic carbocycles. The van der Waals surface area contributed by atoms with Crippen molar-refractivity contribution < 1.29 is 94.8 Å². The molecule has 0 N–H and O–H groups in total. The fourth-order valence-corrected chi connectivity index (χ4v) is 2.41. The number of rotatable bonds is 23. The summed E-state index contributed by atoms with van der Waals surface area (Å²) in [5.74, 6) is -0.630. The molecule has 0 radical (unpaired) electrons. The van der Waals surface area contributed by atoms with Gasteiger partial charge in [-0.25, -0.2) is 0 Å². The number of carbonyl (C=O) groups is 1. The molecule has 0 spiro atoms. The summed E-state index contributed by atoms with van der Waals surface area (Å²) in [5, 5.41) is 0. The highest BCUT2D eigenvalue weighted by Crippen LogP contribution is 2.29. The molecule has 0 aromatic rings. The number of hydrogen-bond acceptors (Lipinski definition) is 20. The molecule has 0 heterocycles. The first kappa shape index (κ1) is 82.0. The zero-order chi connectivity index (χ0) is 52.0. The van der Waals surface area contributed by atoms with Crippen LogP contribution in [0.1, 0.15) is 89.0 Å². The van der Waals surface area contributed by atoms with Crippen molar-refractivity contribution in [1.82, 2.24) is 0 Å². The number of carbonyl (C=O) groups excluding carboxylic acids is 1. The quantitative estimate of drug-likeness (QED) is 0.0974. The normalized spacial score (nSPS) is 11.5. The molecule has 63 heavy (non-hydrogen) atoms. The summed E-state index contributed by atoms with van der Waals surface area (Å²) in [6.45, 7) is 19.9. The summed E-state index contributed by atoms with van der Waals surface area (Å²) in [5.41, 5.74) is -0.549. The fraction of sp³-hybridized carbons (Fsp3) is 0.977. The second-order valence-electron chi connectivity index (χ2n) is 12.6. The maximum absolute atomic E-state index is 11.1. The van der Waals surface area contributed by atoms with Gasteiger partial charge in [-0.2, -0.15) is 0 Å². The van der Waals surface area contributed by atoms with E-state index in [0.717, 1.165) is 0 Å². The van der Waals surface area contributed by atoms with E-state index in [-0.39, 0.29) is 56.1 Å². The summed E-state index contributed by atoms with van der Waals surface area (Å²) in [6.07, 6.45) is 0.338. The summed E-state index contributed by atoms with van der Waals surface area (Å²) in [7, 11) is 30.4. The Kier molecular flexibility index (Phi) is 82.0. The monoisotopic (exact) mass is 939 g/mol. The zero-order valence-corrected chi connectivity index (χ0v) is 45.7. The van der Waals surface area contributed by atoms with E-state index in [2.05, 4.69) is 75.8 Å². The van der Waals surface area contributed by atoms with Crippen molar-refractivity contribution >= 4 is 5.78 Å². The van der Waals surface area contributed by atoms with Crippen LogP contribution in [-0.2, 0) is 94.8 Å². The molecule has 0 aromatic carbocycles. The molecule has 0 bridgehead atoms. The van der Waals surface area contributed by atoms with Crippen molar-refractivity contribution in [3.8, 4) is 0 Å². The largest absolute Gasteiger partial charge is 0.378 e. The SMILES string of the molecule is COC(C)(CC(C)=O)CC(C)(OC)OC.COC(C)OC.COC(C)OC.COC(C)OC.COC(C)OC.COC(C)OC.COC(C)OC.COC(C)OC.COC(C)OC. The van der Waals surface area contributed by atoms with E-state index >= 15 is 0 Å². The Bertz CT molecular complexity index is 648. The topological polar surface area (TPSA) is 192 Å². The van der Waals surface area contributed by atoms with Gasteiger partial charge in [-0.05, 0) is 76.2 Å². The first-order valence-corrected chi connectivity index (χ1v) is 19.9. The van der Waals surface area contributed by atoms with E-state index in [1.807, 2.05) is 69.2 Å². The first-order valence-electron chi connectivity index (χ1n) is 19.9. The fourth-order valence-electron chi connectivity index (χ4n) is 2.41. The molecule has 0 amide bonds. The maximum atomic E-state index is 11.1. The minimum absolute atomic E-state index is 0.0648. The van der Waals surface area contributed by atoms with Crippen molar-refractivity contribution in [2.24, 2.45) is 0 Å². The molecule has 0 rings (SSSR count). The highest BCUT2D eigenvalue weighted by atomic mass is 16.7. The lowest BCUT2D eigenvalue weighted by Crippen LogP contribution is -2.42. The minimum Gasteiger partial charge on any atom is -0.378 e. The van der Waals surface area contributed by atoms with Gasteiger partial charge in [0.1, 0.15) is 5.78 Å². The predicted octanol–water partition coefficient (Wildman–Crippen LogP) is 6.77. The molecule has 1 atom stereocenters. The number of ketones is 1. The van der Waals surface area contributed by atoms with Crippen LogP contribution in [0.15, 0.2) is 0 Å². The van der Waals surface area contributed by atoms with E-state index < -0.39 is 11.4 Å². The van der Waals surface area contributed by atoms with Gasteiger partial charge in [0.2, 0.25) is 0 Å². The lowest BCUT2D eigenvalue weighted by Gasteiger charge is -2.36. The Morgan fingerprint density at radius 1 is 0.317 bits per heavy atom. The summed E-state index contributed by atoms with van der Waals surface area (Å²) < 4.78 is 90.7. The van der Waals surface area contributed by atoms with Gasteiger partial charge < -0.3 is 90.0 Å². The van der Waals surface area contributed by atoms with E-state index in [9.17, 15) is 4.79 Å². The van der Waals surface area contributed by atoms with Crippen LogP contribution in [0, 0.1) is 0 Å². The summed E-state index contributed by atoms with van der Waals surface area (Å²) in [6, 6.07) is 0. The molecule has 1 unspecified atom stereocenters. The van der Waals surface area contributed by atoms with Crippen LogP contribution < -0.4 is 0 Å². The predicted molar refractivity (Wildman–Crippen MR) is 246 cm³/mol. The smallest absolute Gasteiger partial charge is 0.167 e. The molecule has 0 aromatic heterocycles. The highest BCUT2D eigenvalue weighted by molar-refractivity contribution is 5.76. The van der Waals surface area contributed by atoms with Gasteiger partial charge in [-0.3, -0.25) is 4.79 Å². The Labute approximate surface area is 385 Å². The van der Waals surface area contributed by atoms with Gasteiger partial charge in [0.25, 0.3) is 0 Å². The van der Waals surface area contributed by atoms with Crippen LogP contribution in [0.25, 0.3) is 0 Å². The van der Waals surface area contributed by atoms with Crippen molar-refractivity contribution in [2.75, 3.05) is 135 Å². The van der Waals surface area contributed by atoms with Gasteiger partial charge in [-0.1, -0.05) is 0 Å². The summed E-state index contributed by atoms with van der Waals surface area (Å²) in [4.78, 5) is 11.1. The average molecular weight is 939 g/mol. The molecular formula is C43H102O20. The Balaban J connectivity index is -0.0000000766. The number of methoxy groups -OCH3 is 19. The van der Waals surface area contributed by atoms with Gasteiger partial charge >= 0.3 is 0 Å². The highest BCUT2D eigenvalue weighted by Gasteiger charge is 2.36. The second kappa shape index (κ2) is 63.0. The Morgan fingerprint density at radius 2 is 0.460 bits per heavy atom. The molecule has 0 aliphatic rings. The van der Waals surface area contributed by atoms with E-state index in [1.165, 1.54) is 0 Å². The summed E-state index contributed by atoms with van der Waals surface area (Å²) >= 11 is 0. The van der Waals surface area contributed by atoms with E-state index in [1.54, 1.807) is 142 Å². The third-order valence-electron chi connectivity index (χ3n) is 7.99. The van der Waals surface area contributed by atoms with Crippen LogP contribution in [-0.4, -0.2) is 203 Å². The van der Waals surface area contributed by atoms with Gasteiger partial charge in [0, 0.05) is 148 Å². The van der Waals surface area contributed by atoms with Crippen molar-refractivity contribution in [3.63, 3.8) is 0 Å². The average Bonchev–Trinajstić information content (AvgIpc) is 3.32. The number of ether oxygens (including phenoxy) is 19. The molecule has 0 fully saturated rings. The van der Waals surface area contributed by atoms with Gasteiger partial charge in [-0.15, -0.1) is 0 Å². The first-order chi connectivity index (χ1) is 29.3. The Hall–Kier alpha value is -1.09. The van der Waals surface area contributed by atoms with Crippen molar-refractivity contribution in [1.29, 1.82) is 0 Å². The maximum Gasteiger partial charge on any atom is 0.167 e. The van der Waals surface area contributed by atoms with Crippen molar-refractivity contribution in [2.45, 2.75) is 151 Å². The lowest BCUT2D eigenvalue weighted by molar-refractivity contribution is -0.224. The molecule has 0 aliphatic heterocycles.